The second-order valence-electron chi connectivity index (χ2n) is 7.75. The molecule has 0 aliphatic rings. The van der Waals surface area contributed by atoms with Crippen LogP contribution in [0.4, 0.5) is 0 Å². The normalized spacial score (nSPS) is 15.4. The van der Waals surface area contributed by atoms with Gasteiger partial charge in [-0.05, 0) is 23.5 Å². The number of carbonyl (C=O) groups is 2. The Balaban J connectivity index is 2.41. The third-order valence-corrected chi connectivity index (χ3v) is 6.23. The van der Waals surface area contributed by atoms with Gasteiger partial charge in [0.25, 0.3) is 0 Å². The minimum absolute atomic E-state index is 0.297. The van der Waals surface area contributed by atoms with Crippen LogP contribution < -0.4 is 11.1 Å². The molecule has 32 heavy (non-hydrogen) atoms. The van der Waals surface area contributed by atoms with Crippen LogP contribution >= 0.6 is 0 Å². The Kier molecular flexibility index (Phi) is 8.51. The van der Waals surface area contributed by atoms with Gasteiger partial charge in [-0.3, -0.25) is 9.35 Å². The number of hydrogen-bond acceptors (Lipinski definition) is 7. The highest BCUT2D eigenvalue weighted by atomic mass is 32.2. The minimum Gasteiger partial charge on any atom is -0.458 e. The molecule has 0 saturated heterocycles. The van der Waals surface area contributed by atoms with Crippen molar-refractivity contribution in [3.05, 3.63) is 71.8 Å². The Labute approximate surface area is 187 Å². The minimum atomic E-state index is -5.45. The molecule has 0 spiro atoms. The van der Waals surface area contributed by atoms with Gasteiger partial charge in [0.05, 0.1) is 12.1 Å². The average Bonchev–Trinajstić information content (AvgIpc) is 2.76. The van der Waals surface area contributed by atoms with Crippen LogP contribution in [0.5, 0.6) is 0 Å². The molecule has 0 aliphatic carbocycles. The number of rotatable bonds is 10. The van der Waals surface area contributed by atoms with Crippen molar-refractivity contribution in [1.82, 2.24) is 5.32 Å². The topological polar surface area (TPSA) is 156 Å². The lowest BCUT2D eigenvalue weighted by molar-refractivity contribution is -0.161. The number of esters is 1. The first kappa shape index (κ1) is 25.5. The molecular formula is C22H28N2O7S. The third-order valence-electron chi connectivity index (χ3n) is 4.99. The van der Waals surface area contributed by atoms with Gasteiger partial charge in [0.2, 0.25) is 5.91 Å². The largest absolute Gasteiger partial charge is 0.458 e. The Morgan fingerprint density at radius 2 is 1.53 bits per heavy atom. The third kappa shape index (κ3) is 6.13. The molecule has 0 aliphatic heterocycles. The summed E-state index contributed by atoms with van der Waals surface area (Å²) in [5, 5.41) is 13.3. The lowest BCUT2D eigenvalue weighted by Crippen LogP contribution is -2.64. The second kappa shape index (κ2) is 10.7. The fourth-order valence-electron chi connectivity index (χ4n) is 2.96. The van der Waals surface area contributed by atoms with Gasteiger partial charge in [-0.25, -0.2) is 4.79 Å². The van der Waals surface area contributed by atoms with E-state index in [0.717, 1.165) is 0 Å². The van der Waals surface area contributed by atoms with Crippen molar-refractivity contribution in [2.75, 3.05) is 0 Å². The van der Waals surface area contributed by atoms with Crippen LogP contribution in [0, 0.1) is 5.92 Å². The molecule has 10 heteroatoms. The standard InChI is InChI=1S/C22H28N2O7S/c1-15(2)19(23)20(25)24-18(13-16-9-5-3-6-10-16)22(27,32(28,29)30)21(26)31-14-17-11-7-4-8-12-17/h3-12,15,18-19,27H,13-14,23H2,1-2H3,(H,24,25)(H,28,29,30)/t18?,19-,22?/m0/s1. The maximum absolute atomic E-state index is 12.8. The highest BCUT2D eigenvalue weighted by Crippen LogP contribution is 2.24. The first-order chi connectivity index (χ1) is 15.0. The molecular weight excluding hydrogens is 436 g/mol. The van der Waals surface area contributed by atoms with Crippen molar-refractivity contribution in [3.8, 4) is 0 Å². The number of ether oxygens (including phenoxy) is 1. The van der Waals surface area contributed by atoms with Crippen molar-refractivity contribution in [3.63, 3.8) is 0 Å². The molecule has 174 valence electrons. The van der Waals surface area contributed by atoms with Gasteiger partial charge in [-0.2, -0.15) is 8.42 Å². The van der Waals surface area contributed by atoms with E-state index in [-0.39, 0.29) is 18.9 Å². The van der Waals surface area contributed by atoms with Crippen molar-refractivity contribution in [2.45, 2.75) is 43.9 Å². The maximum atomic E-state index is 12.8. The van der Waals surface area contributed by atoms with Gasteiger partial charge in [-0.1, -0.05) is 74.5 Å². The van der Waals surface area contributed by atoms with Gasteiger partial charge in [0.15, 0.2) is 0 Å². The first-order valence-electron chi connectivity index (χ1n) is 9.97. The summed E-state index contributed by atoms with van der Waals surface area (Å²) in [5.74, 6) is -2.72. The van der Waals surface area contributed by atoms with Crippen LogP contribution in [0.25, 0.3) is 0 Å². The molecule has 2 unspecified atom stereocenters. The van der Waals surface area contributed by atoms with E-state index >= 15 is 0 Å². The maximum Gasteiger partial charge on any atom is 0.359 e. The van der Waals surface area contributed by atoms with Crippen LogP contribution in [-0.4, -0.2) is 47.0 Å². The molecule has 5 N–H and O–H groups in total. The molecule has 0 saturated carbocycles. The highest BCUT2D eigenvalue weighted by Gasteiger charge is 2.57. The number of nitrogens with two attached hydrogens (primary N) is 1. The van der Waals surface area contributed by atoms with Crippen LogP contribution in [0.1, 0.15) is 25.0 Å². The SMILES string of the molecule is CC(C)[C@H](N)C(=O)NC(Cc1ccccc1)C(O)(C(=O)OCc1ccccc1)S(=O)(=O)O. The number of benzene rings is 2. The van der Waals surface area contributed by atoms with Gasteiger partial charge < -0.3 is 20.9 Å². The molecule has 2 rings (SSSR count). The predicted molar refractivity (Wildman–Crippen MR) is 118 cm³/mol. The number of amides is 1. The summed E-state index contributed by atoms with van der Waals surface area (Å²) in [6, 6.07) is 13.8. The van der Waals surface area contributed by atoms with Crippen molar-refractivity contribution in [2.24, 2.45) is 11.7 Å². The molecule has 0 radical (unpaired) electrons. The van der Waals surface area contributed by atoms with E-state index in [1.54, 1.807) is 74.5 Å². The van der Waals surface area contributed by atoms with Crippen molar-refractivity contribution < 1.29 is 32.4 Å². The number of hydrogen-bond donors (Lipinski definition) is 4. The Morgan fingerprint density at radius 1 is 1.03 bits per heavy atom. The Bertz CT molecular complexity index is 1010. The molecule has 2 aromatic carbocycles. The van der Waals surface area contributed by atoms with Crippen LogP contribution in [0.2, 0.25) is 0 Å². The van der Waals surface area contributed by atoms with E-state index in [0.29, 0.717) is 11.1 Å². The molecule has 0 aromatic heterocycles. The van der Waals surface area contributed by atoms with Crippen molar-refractivity contribution in [1.29, 1.82) is 0 Å². The summed E-state index contributed by atoms with van der Waals surface area (Å²) in [6.45, 7) is 3.01. The molecule has 9 nitrogen and oxygen atoms in total. The number of carbonyl (C=O) groups excluding carboxylic acids is 2. The fraction of sp³-hybridized carbons (Fsp3) is 0.364. The zero-order valence-corrected chi connectivity index (χ0v) is 18.7. The summed E-state index contributed by atoms with van der Waals surface area (Å²) < 4.78 is 39.4. The smallest absolute Gasteiger partial charge is 0.359 e. The number of nitrogens with one attached hydrogen (secondary N) is 1. The monoisotopic (exact) mass is 464 g/mol. The zero-order valence-electron chi connectivity index (χ0n) is 17.8. The van der Waals surface area contributed by atoms with E-state index in [1.807, 2.05) is 0 Å². The van der Waals surface area contributed by atoms with Gasteiger partial charge in [0.1, 0.15) is 6.61 Å². The Morgan fingerprint density at radius 3 is 2.00 bits per heavy atom. The van der Waals surface area contributed by atoms with E-state index in [2.05, 4.69) is 5.32 Å². The molecule has 0 bridgehead atoms. The van der Waals surface area contributed by atoms with Crippen LogP contribution in [0.15, 0.2) is 60.7 Å². The van der Waals surface area contributed by atoms with Crippen LogP contribution in [0.3, 0.4) is 0 Å². The van der Waals surface area contributed by atoms with Gasteiger partial charge in [0, 0.05) is 0 Å². The average molecular weight is 465 g/mol. The van der Waals surface area contributed by atoms with E-state index in [9.17, 15) is 27.7 Å². The van der Waals surface area contributed by atoms with Crippen molar-refractivity contribution >= 4 is 22.0 Å². The zero-order chi connectivity index (χ0) is 23.9. The summed E-state index contributed by atoms with van der Waals surface area (Å²) >= 11 is 0. The molecule has 2 aromatic rings. The molecule has 1 amide bonds. The predicted octanol–water partition coefficient (Wildman–Crippen LogP) is 1.02. The second-order valence-corrected chi connectivity index (χ2v) is 9.33. The van der Waals surface area contributed by atoms with E-state index < -0.39 is 39.0 Å². The van der Waals surface area contributed by atoms with Crippen LogP contribution in [-0.2, 0) is 37.5 Å². The van der Waals surface area contributed by atoms with E-state index in [4.69, 9.17) is 10.5 Å². The summed E-state index contributed by atoms with van der Waals surface area (Å²) in [7, 11) is -5.45. The van der Waals surface area contributed by atoms with Gasteiger partial charge >= 0.3 is 21.0 Å². The van der Waals surface area contributed by atoms with Gasteiger partial charge in [-0.15, -0.1) is 0 Å². The Hall–Kier alpha value is -2.79. The highest BCUT2D eigenvalue weighted by molar-refractivity contribution is 7.88. The summed E-state index contributed by atoms with van der Waals surface area (Å²) in [6.07, 6.45) is -0.297. The quantitative estimate of drug-likeness (QED) is 0.300. The number of aliphatic hydroxyl groups is 1. The molecule has 0 heterocycles. The van der Waals surface area contributed by atoms with E-state index in [1.165, 1.54) is 0 Å². The summed E-state index contributed by atoms with van der Waals surface area (Å²) in [4.78, 5) is 21.9. The lowest BCUT2D eigenvalue weighted by Gasteiger charge is -2.33. The molecule has 0 fully saturated rings. The molecule has 3 atom stereocenters. The lowest BCUT2D eigenvalue weighted by atomic mass is 9.98. The first-order valence-corrected chi connectivity index (χ1v) is 11.4. The summed E-state index contributed by atoms with van der Waals surface area (Å²) in [5.41, 5.74) is 6.87. The fourth-order valence-corrected chi connectivity index (χ4v) is 3.73.